The van der Waals surface area contributed by atoms with Crippen molar-refractivity contribution < 1.29 is 14.3 Å². The van der Waals surface area contributed by atoms with Crippen LogP contribution in [-0.4, -0.2) is 24.4 Å². The second kappa shape index (κ2) is 7.00. The fourth-order valence-corrected chi connectivity index (χ4v) is 3.31. The molecule has 0 saturated heterocycles. The molecule has 0 fully saturated rings. The van der Waals surface area contributed by atoms with E-state index in [9.17, 15) is 4.79 Å². The van der Waals surface area contributed by atoms with Crippen LogP contribution in [0.25, 0.3) is 16.6 Å². The van der Waals surface area contributed by atoms with Crippen molar-refractivity contribution in [3.8, 4) is 22.6 Å². The Morgan fingerprint density at radius 2 is 1.56 bits per heavy atom. The number of carbonyl (C=O) groups excluding carboxylic acids is 1. The Labute approximate surface area is 157 Å². The predicted octanol–water partition coefficient (Wildman–Crippen LogP) is 4.85. The van der Waals surface area contributed by atoms with Gasteiger partial charge in [-0.3, -0.25) is 4.79 Å². The topological polar surface area (TPSA) is 39.9 Å². The monoisotopic (exact) mass is 357 g/mol. The van der Waals surface area contributed by atoms with Crippen LogP contribution in [0.3, 0.4) is 0 Å². The Bertz CT molecular complexity index is 1110. The summed E-state index contributed by atoms with van der Waals surface area (Å²) in [6.07, 6.45) is 1.91. The van der Waals surface area contributed by atoms with Crippen LogP contribution in [-0.2, 0) is 0 Å². The van der Waals surface area contributed by atoms with Gasteiger partial charge in [0.2, 0.25) is 5.78 Å². The number of ketones is 1. The Morgan fingerprint density at radius 1 is 0.815 bits per heavy atom. The summed E-state index contributed by atoms with van der Waals surface area (Å²) in [5.74, 6) is 1.06. The summed E-state index contributed by atoms with van der Waals surface area (Å²) >= 11 is 0. The first-order chi connectivity index (χ1) is 13.2. The number of hydrogen-bond acceptors (Lipinski definition) is 3. The van der Waals surface area contributed by atoms with E-state index in [1.54, 1.807) is 32.4 Å². The van der Waals surface area contributed by atoms with E-state index >= 15 is 0 Å². The molecule has 4 nitrogen and oxygen atoms in total. The van der Waals surface area contributed by atoms with Crippen LogP contribution in [0, 0.1) is 0 Å². The van der Waals surface area contributed by atoms with E-state index in [-0.39, 0.29) is 5.78 Å². The molecule has 0 atom stereocenters. The Hall–Kier alpha value is -3.53. The second-order valence-electron chi connectivity index (χ2n) is 6.17. The number of hydrogen-bond donors (Lipinski definition) is 0. The molecule has 4 rings (SSSR count). The lowest BCUT2D eigenvalue weighted by molar-refractivity contribution is 0.103. The zero-order chi connectivity index (χ0) is 18.8. The fraction of sp³-hybridized carbons (Fsp3) is 0.0870. The standard InChI is InChI=1S/C23H19NO3/c1-26-20-12-11-17(14-21(20)27-2)23(25)22-19(16-8-4-3-5-9-16)15-18-10-6-7-13-24(18)22/h3-15H,1-2H3. The minimum atomic E-state index is -0.0685. The molecular formula is C23H19NO3. The molecule has 4 heteroatoms. The van der Waals surface area contributed by atoms with Crippen molar-refractivity contribution in [2.24, 2.45) is 0 Å². The highest BCUT2D eigenvalue weighted by atomic mass is 16.5. The van der Waals surface area contributed by atoms with Gasteiger partial charge in [-0.05, 0) is 42.0 Å². The summed E-state index contributed by atoms with van der Waals surface area (Å²) in [5, 5.41) is 0. The molecular weight excluding hydrogens is 338 g/mol. The fourth-order valence-electron chi connectivity index (χ4n) is 3.31. The first kappa shape index (κ1) is 16.9. The molecule has 0 amide bonds. The van der Waals surface area contributed by atoms with E-state index in [1.807, 2.05) is 65.2 Å². The number of fused-ring (bicyclic) bond motifs is 1. The number of benzene rings is 2. The minimum Gasteiger partial charge on any atom is -0.493 e. The van der Waals surface area contributed by atoms with Crippen molar-refractivity contribution in [1.29, 1.82) is 0 Å². The average Bonchev–Trinajstić information content (AvgIpc) is 3.13. The maximum atomic E-state index is 13.5. The molecule has 0 aliphatic heterocycles. The third-order valence-electron chi connectivity index (χ3n) is 4.63. The lowest BCUT2D eigenvalue weighted by Gasteiger charge is -2.10. The summed E-state index contributed by atoms with van der Waals surface area (Å²) < 4.78 is 12.6. The average molecular weight is 357 g/mol. The Kier molecular flexibility index (Phi) is 4.38. The normalized spacial score (nSPS) is 10.7. The van der Waals surface area contributed by atoms with E-state index < -0.39 is 0 Å². The maximum absolute atomic E-state index is 13.5. The van der Waals surface area contributed by atoms with Gasteiger partial charge in [-0.2, -0.15) is 0 Å². The molecule has 0 N–H and O–H groups in total. The second-order valence-corrected chi connectivity index (χ2v) is 6.17. The van der Waals surface area contributed by atoms with Gasteiger partial charge in [0.25, 0.3) is 0 Å². The van der Waals surface area contributed by atoms with Crippen LogP contribution in [0.5, 0.6) is 11.5 Å². The third kappa shape index (κ3) is 2.95. The molecule has 0 radical (unpaired) electrons. The largest absolute Gasteiger partial charge is 0.493 e. The van der Waals surface area contributed by atoms with Gasteiger partial charge < -0.3 is 13.9 Å². The molecule has 134 valence electrons. The van der Waals surface area contributed by atoms with Crippen molar-refractivity contribution in [2.75, 3.05) is 14.2 Å². The third-order valence-corrected chi connectivity index (χ3v) is 4.63. The molecule has 4 aromatic rings. The maximum Gasteiger partial charge on any atom is 0.210 e. The van der Waals surface area contributed by atoms with Gasteiger partial charge in [0.05, 0.1) is 14.2 Å². The van der Waals surface area contributed by atoms with Crippen molar-refractivity contribution in [3.63, 3.8) is 0 Å². The molecule has 0 saturated carbocycles. The first-order valence-electron chi connectivity index (χ1n) is 8.65. The minimum absolute atomic E-state index is 0.0685. The highest BCUT2D eigenvalue weighted by molar-refractivity contribution is 6.13. The Balaban J connectivity index is 1.92. The molecule has 0 aliphatic rings. The number of aromatic nitrogens is 1. The van der Waals surface area contributed by atoms with Gasteiger partial charge in [0.15, 0.2) is 11.5 Å². The van der Waals surface area contributed by atoms with Crippen molar-refractivity contribution in [1.82, 2.24) is 4.40 Å². The van der Waals surface area contributed by atoms with Crippen LogP contribution in [0.2, 0.25) is 0 Å². The molecule has 0 spiro atoms. The zero-order valence-electron chi connectivity index (χ0n) is 15.2. The number of nitrogens with zero attached hydrogens (tertiary/aromatic N) is 1. The van der Waals surface area contributed by atoms with E-state index in [4.69, 9.17) is 9.47 Å². The van der Waals surface area contributed by atoms with Crippen LogP contribution < -0.4 is 9.47 Å². The highest BCUT2D eigenvalue weighted by Gasteiger charge is 2.21. The van der Waals surface area contributed by atoms with Crippen molar-refractivity contribution in [3.05, 3.63) is 90.3 Å². The summed E-state index contributed by atoms with van der Waals surface area (Å²) in [6.45, 7) is 0. The first-order valence-corrected chi connectivity index (χ1v) is 8.65. The summed E-state index contributed by atoms with van der Waals surface area (Å²) in [6, 6.07) is 23.1. The van der Waals surface area contributed by atoms with E-state index in [1.165, 1.54) is 0 Å². The van der Waals surface area contributed by atoms with Gasteiger partial charge in [-0.25, -0.2) is 0 Å². The predicted molar refractivity (Wildman–Crippen MR) is 106 cm³/mol. The van der Waals surface area contributed by atoms with Crippen molar-refractivity contribution in [2.45, 2.75) is 0 Å². The summed E-state index contributed by atoms with van der Waals surface area (Å²) in [7, 11) is 3.14. The van der Waals surface area contributed by atoms with Gasteiger partial charge in [0, 0.05) is 22.8 Å². The summed E-state index contributed by atoms with van der Waals surface area (Å²) in [4.78, 5) is 13.5. The van der Waals surface area contributed by atoms with E-state index in [0.29, 0.717) is 22.8 Å². The van der Waals surface area contributed by atoms with Gasteiger partial charge in [-0.15, -0.1) is 0 Å². The highest BCUT2D eigenvalue weighted by Crippen LogP contribution is 2.32. The van der Waals surface area contributed by atoms with Gasteiger partial charge >= 0.3 is 0 Å². The van der Waals surface area contributed by atoms with Crippen LogP contribution in [0.4, 0.5) is 0 Å². The summed E-state index contributed by atoms with van der Waals surface area (Å²) in [5.41, 5.74) is 4.06. The van der Waals surface area contributed by atoms with Gasteiger partial charge in [0.1, 0.15) is 5.69 Å². The Morgan fingerprint density at radius 3 is 2.30 bits per heavy atom. The zero-order valence-corrected chi connectivity index (χ0v) is 15.2. The molecule has 0 unspecified atom stereocenters. The van der Waals surface area contributed by atoms with E-state index in [2.05, 4.69) is 0 Å². The van der Waals surface area contributed by atoms with Crippen LogP contribution >= 0.6 is 0 Å². The quantitative estimate of drug-likeness (QED) is 0.479. The SMILES string of the molecule is COc1ccc(C(=O)c2c(-c3ccccc3)cc3ccccn23)cc1OC. The van der Waals surface area contributed by atoms with Crippen LogP contribution in [0.1, 0.15) is 16.1 Å². The molecule has 0 bridgehead atoms. The number of pyridine rings is 1. The smallest absolute Gasteiger partial charge is 0.210 e. The van der Waals surface area contributed by atoms with Crippen LogP contribution in [0.15, 0.2) is 79.0 Å². The molecule has 2 aromatic carbocycles. The number of carbonyl (C=O) groups is 1. The lowest BCUT2D eigenvalue weighted by atomic mass is 10.00. The lowest BCUT2D eigenvalue weighted by Crippen LogP contribution is -2.07. The van der Waals surface area contributed by atoms with Gasteiger partial charge in [-0.1, -0.05) is 36.4 Å². The number of ether oxygens (including phenoxy) is 2. The molecule has 2 aromatic heterocycles. The molecule has 2 heterocycles. The molecule has 0 aliphatic carbocycles. The van der Waals surface area contributed by atoms with E-state index in [0.717, 1.165) is 16.6 Å². The van der Waals surface area contributed by atoms with Crippen molar-refractivity contribution >= 4 is 11.3 Å². The number of methoxy groups -OCH3 is 2. The molecule has 27 heavy (non-hydrogen) atoms. The number of rotatable bonds is 5.